The van der Waals surface area contributed by atoms with Crippen molar-refractivity contribution in [1.29, 1.82) is 0 Å². The van der Waals surface area contributed by atoms with Crippen molar-refractivity contribution in [3.8, 4) is 11.1 Å². The van der Waals surface area contributed by atoms with Gasteiger partial charge in [-0.3, -0.25) is 4.79 Å². The number of piperidine rings is 1. The van der Waals surface area contributed by atoms with Crippen LogP contribution in [0.2, 0.25) is 0 Å². The van der Waals surface area contributed by atoms with E-state index in [0.717, 1.165) is 27.6 Å². The number of nitrogens with two attached hydrogens (primary N) is 1. The van der Waals surface area contributed by atoms with Crippen LogP contribution < -0.4 is 10.5 Å². The van der Waals surface area contributed by atoms with Crippen LogP contribution in [0.1, 0.15) is 61.0 Å². The number of carbonyl (C=O) groups excluding carboxylic acids is 1. The molecule has 1 saturated heterocycles. The number of nitrogens with zero attached hydrogens (tertiary/aromatic N) is 1. The minimum atomic E-state index is -3.36. The Balaban J connectivity index is 1.63. The number of nitrogens with one attached hydrogen (secondary N) is 2. The molecule has 4 N–H and O–H groups in total. The minimum absolute atomic E-state index is 0.0957. The molecule has 0 atom stereocenters. The molecule has 1 amide bonds. The molecule has 0 bridgehead atoms. The highest BCUT2D eigenvalue weighted by Gasteiger charge is 2.29. The van der Waals surface area contributed by atoms with E-state index in [-0.39, 0.29) is 18.2 Å². The maximum atomic E-state index is 12.3. The molecule has 2 heterocycles. The molecule has 0 unspecified atom stereocenters. The van der Waals surface area contributed by atoms with Crippen molar-refractivity contribution in [1.82, 2.24) is 14.0 Å². The maximum absolute atomic E-state index is 12.3. The molecule has 0 radical (unpaired) electrons. The predicted octanol–water partition coefficient (Wildman–Crippen LogP) is 3.29. The van der Waals surface area contributed by atoms with E-state index in [9.17, 15) is 21.6 Å². The molecule has 200 valence electrons. The van der Waals surface area contributed by atoms with E-state index in [4.69, 9.17) is 5.73 Å². The number of aromatic nitrogens is 1. The Morgan fingerprint density at radius 2 is 1.73 bits per heavy atom. The van der Waals surface area contributed by atoms with Gasteiger partial charge in [0.05, 0.1) is 22.1 Å². The van der Waals surface area contributed by atoms with Crippen LogP contribution in [0.5, 0.6) is 0 Å². The van der Waals surface area contributed by atoms with E-state index >= 15 is 0 Å². The lowest BCUT2D eigenvalue weighted by molar-refractivity contribution is 0.100. The second-order valence-corrected chi connectivity index (χ2v) is 14.3. The fourth-order valence-corrected chi connectivity index (χ4v) is 6.58. The standard InChI is InChI=1S/C26H34N4O5S2/c1-4-36(32,33)30-11-9-20(10-12-30)24-16-28-25-22(24)13-21(14-23(25)26(27)31)19-7-5-18(6-8-19)15-29-37(34,35)17(2)3/h5-8,13-14,16-17,20,28-29H,4,9-12,15H2,1-3H3,(H2,27,31). The Kier molecular flexibility index (Phi) is 7.80. The highest BCUT2D eigenvalue weighted by Crippen LogP contribution is 2.37. The summed E-state index contributed by atoms with van der Waals surface area (Å²) in [7, 11) is -6.57. The molecule has 9 nitrogen and oxygen atoms in total. The Labute approximate surface area is 218 Å². The largest absolute Gasteiger partial charge is 0.366 e. The van der Waals surface area contributed by atoms with Crippen molar-refractivity contribution in [2.45, 2.75) is 51.3 Å². The van der Waals surface area contributed by atoms with Gasteiger partial charge in [-0.15, -0.1) is 0 Å². The summed E-state index contributed by atoms with van der Waals surface area (Å²) >= 11 is 0. The summed E-state index contributed by atoms with van der Waals surface area (Å²) in [6.45, 7) is 6.05. The molecule has 3 aromatic rings. The number of hydrogen-bond acceptors (Lipinski definition) is 5. The smallest absolute Gasteiger partial charge is 0.250 e. The predicted molar refractivity (Wildman–Crippen MR) is 146 cm³/mol. The van der Waals surface area contributed by atoms with Crippen molar-refractivity contribution < 1.29 is 21.6 Å². The van der Waals surface area contributed by atoms with E-state index < -0.39 is 31.2 Å². The minimum Gasteiger partial charge on any atom is -0.366 e. The molecular weight excluding hydrogens is 512 g/mol. The van der Waals surface area contributed by atoms with E-state index in [2.05, 4.69) is 9.71 Å². The number of sulfonamides is 2. The van der Waals surface area contributed by atoms with Crippen LogP contribution >= 0.6 is 0 Å². The van der Waals surface area contributed by atoms with Gasteiger partial charge < -0.3 is 10.7 Å². The van der Waals surface area contributed by atoms with Crippen LogP contribution in [0, 0.1) is 0 Å². The van der Waals surface area contributed by atoms with Crippen molar-refractivity contribution in [3.63, 3.8) is 0 Å². The van der Waals surface area contributed by atoms with Gasteiger partial charge in [-0.1, -0.05) is 24.3 Å². The van der Waals surface area contributed by atoms with Gasteiger partial charge >= 0.3 is 0 Å². The van der Waals surface area contributed by atoms with Crippen molar-refractivity contribution in [2.24, 2.45) is 5.73 Å². The lowest BCUT2D eigenvalue weighted by Crippen LogP contribution is -2.38. The Bertz CT molecular complexity index is 1500. The number of carbonyl (C=O) groups is 1. The third-order valence-corrected chi connectivity index (χ3v) is 10.8. The van der Waals surface area contributed by atoms with E-state index in [1.165, 1.54) is 0 Å². The summed E-state index contributed by atoms with van der Waals surface area (Å²) in [6, 6.07) is 11.3. The fraction of sp³-hybridized carbons (Fsp3) is 0.423. The first-order valence-corrected chi connectivity index (χ1v) is 15.6. The van der Waals surface area contributed by atoms with Crippen LogP contribution in [0.25, 0.3) is 22.0 Å². The van der Waals surface area contributed by atoms with Gasteiger partial charge in [0.15, 0.2) is 0 Å². The molecule has 1 aliphatic heterocycles. The zero-order valence-corrected chi connectivity index (χ0v) is 23.0. The van der Waals surface area contributed by atoms with Crippen molar-refractivity contribution >= 4 is 36.9 Å². The van der Waals surface area contributed by atoms with Gasteiger partial charge in [-0.2, -0.15) is 0 Å². The van der Waals surface area contributed by atoms with Crippen LogP contribution in [0.4, 0.5) is 0 Å². The SMILES string of the molecule is CCS(=O)(=O)N1CCC(c2c[nH]c3c(C(N)=O)cc(-c4ccc(CNS(=O)(=O)C(C)C)cc4)cc23)CC1. The number of H-pyrrole nitrogens is 1. The number of primary amides is 1. The molecule has 37 heavy (non-hydrogen) atoms. The number of rotatable bonds is 9. The van der Waals surface area contributed by atoms with E-state index in [1.807, 2.05) is 36.5 Å². The summed E-state index contributed by atoms with van der Waals surface area (Å²) in [5.41, 5.74) is 10.4. The first-order chi connectivity index (χ1) is 17.4. The van der Waals surface area contributed by atoms with Crippen molar-refractivity contribution in [2.75, 3.05) is 18.8 Å². The van der Waals surface area contributed by atoms with E-state index in [1.54, 1.807) is 31.1 Å². The van der Waals surface area contributed by atoms with E-state index in [0.29, 0.717) is 37.0 Å². The van der Waals surface area contributed by atoms with Gasteiger partial charge in [-0.25, -0.2) is 25.9 Å². The molecule has 2 aromatic carbocycles. The Morgan fingerprint density at radius 3 is 2.30 bits per heavy atom. The second kappa shape index (κ2) is 10.6. The Morgan fingerprint density at radius 1 is 1.08 bits per heavy atom. The average molecular weight is 547 g/mol. The summed E-state index contributed by atoms with van der Waals surface area (Å²) in [4.78, 5) is 15.5. The second-order valence-electron chi connectivity index (χ2n) is 9.74. The summed E-state index contributed by atoms with van der Waals surface area (Å²) in [5.74, 6) is -0.286. The van der Waals surface area contributed by atoms with Crippen LogP contribution in [-0.4, -0.2) is 56.1 Å². The highest BCUT2D eigenvalue weighted by atomic mass is 32.2. The average Bonchev–Trinajstić information content (AvgIpc) is 3.31. The number of fused-ring (bicyclic) bond motifs is 1. The topological polar surface area (TPSA) is 142 Å². The fourth-order valence-electron chi connectivity index (χ4n) is 4.74. The van der Waals surface area contributed by atoms with Gasteiger partial charge in [0, 0.05) is 31.2 Å². The van der Waals surface area contributed by atoms with Crippen LogP contribution in [-0.2, 0) is 26.6 Å². The Hall–Kier alpha value is -2.73. The molecule has 4 rings (SSSR count). The molecule has 11 heteroatoms. The summed E-state index contributed by atoms with van der Waals surface area (Å²) in [6.07, 6.45) is 3.30. The third-order valence-electron chi connectivity index (χ3n) is 7.12. The molecule has 1 aliphatic rings. The number of hydrogen-bond donors (Lipinski definition) is 3. The number of benzene rings is 2. The lowest BCUT2D eigenvalue weighted by Gasteiger charge is -2.31. The molecule has 0 saturated carbocycles. The lowest BCUT2D eigenvalue weighted by atomic mass is 9.88. The third kappa shape index (κ3) is 5.74. The van der Waals surface area contributed by atoms with Gasteiger partial charge in [0.1, 0.15) is 0 Å². The molecule has 1 aromatic heterocycles. The number of aromatic amines is 1. The van der Waals surface area contributed by atoms with Crippen LogP contribution in [0.3, 0.4) is 0 Å². The molecule has 1 fully saturated rings. The quantitative estimate of drug-likeness (QED) is 0.377. The molecule has 0 spiro atoms. The number of amides is 1. The monoisotopic (exact) mass is 546 g/mol. The van der Waals surface area contributed by atoms with Gasteiger partial charge in [-0.05, 0) is 73.9 Å². The normalized spacial score (nSPS) is 16.0. The first-order valence-electron chi connectivity index (χ1n) is 12.4. The summed E-state index contributed by atoms with van der Waals surface area (Å²) in [5, 5.41) is 0.390. The molecular formula is C26H34N4O5S2. The zero-order chi connectivity index (χ0) is 27.0. The van der Waals surface area contributed by atoms with Gasteiger partial charge in [0.25, 0.3) is 5.91 Å². The van der Waals surface area contributed by atoms with Crippen LogP contribution in [0.15, 0.2) is 42.6 Å². The first kappa shape index (κ1) is 27.3. The summed E-state index contributed by atoms with van der Waals surface area (Å²) < 4.78 is 52.8. The van der Waals surface area contributed by atoms with Gasteiger partial charge in [0.2, 0.25) is 20.0 Å². The highest BCUT2D eigenvalue weighted by molar-refractivity contribution is 7.90. The zero-order valence-electron chi connectivity index (χ0n) is 21.3. The van der Waals surface area contributed by atoms with Crippen molar-refractivity contribution in [3.05, 3.63) is 59.3 Å². The molecule has 0 aliphatic carbocycles. The maximum Gasteiger partial charge on any atom is 0.250 e.